The van der Waals surface area contributed by atoms with Crippen LogP contribution in [0.4, 0.5) is 0 Å². The van der Waals surface area contributed by atoms with Crippen LogP contribution in [0.3, 0.4) is 0 Å². The van der Waals surface area contributed by atoms with Crippen LogP contribution in [0.25, 0.3) is 0 Å². The van der Waals surface area contributed by atoms with Gasteiger partial charge < -0.3 is 14.2 Å². The van der Waals surface area contributed by atoms with Gasteiger partial charge in [-0.05, 0) is 19.3 Å². The molecule has 128 valence electrons. The zero-order valence-electron chi connectivity index (χ0n) is 12.9. The molecular weight excluding hydrogens is 324 g/mol. The smallest absolute Gasteiger partial charge is 0.249 e. The van der Waals surface area contributed by atoms with Crippen LogP contribution in [0.5, 0.6) is 0 Å². The molecule has 0 bridgehead atoms. The standard InChI is InChI=1S/C13H20N4O5S/c1-21-7-6-17-10(4-5-12(17)18)13-15-11(16-22-13)8-14-23(19,20)9-2-3-9/h9-10,14H,2-8H2,1H3/t10-/m0/s1. The number of nitrogens with one attached hydrogen (secondary N) is 1. The normalized spacial score (nSPS) is 22.0. The molecule has 0 spiro atoms. The number of ether oxygens (including phenoxy) is 1. The largest absolute Gasteiger partial charge is 0.383 e. The molecule has 1 aromatic heterocycles. The summed E-state index contributed by atoms with van der Waals surface area (Å²) in [7, 11) is -1.70. The summed E-state index contributed by atoms with van der Waals surface area (Å²) < 4.78 is 36.3. The number of hydrogen-bond donors (Lipinski definition) is 1. The summed E-state index contributed by atoms with van der Waals surface area (Å²) in [5.74, 6) is 0.643. The topological polar surface area (TPSA) is 115 Å². The van der Waals surface area contributed by atoms with Crippen molar-refractivity contribution >= 4 is 15.9 Å². The van der Waals surface area contributed by atoms with Crippen LogP contribution in [0.15, 0.2) is 4.52 Å². The average molecular weight is 344 g/mol. The Morgan fingerprint density at radius 3 is 2.87 bits per heavy atom. The first-order valence-corrected chi connectivity index (χ1v) is 9.15. The molecule has 1 aliphatic carbocycles. The van der Waals surface area contributed by atoms with Crippen molar-refractivity contribution in [2.24, 2.45) is 0 Å². The fourth-order valence-electron chi connectivity index (χ4n) is 2.60. The first-order valence-electron chi connectivity index (χ1n) is 7.60. The van der Waals surface area contributed by atoms with Gasteiger partial charge in [-0.2, -0.15) is 4.98 Å². The van der Waals surface area contributed by atoms with Crippen LogP contribution >= 0.6 is 0 Å². The van der Waals surface area contributed by atoms with Crippen molar-refractivity contribution in [3.05, 3.63) is 11.7 Å². The summed E-state index contributed by atoms with van der Waals surface area (Å²) >= 11 is 0. The van der Waals surface area contributed by atoms with Gasteiger partial charge >= 0.3 is 0 Å². The summed E-state index contributed by atoms with van der Waals surface area (Å²) in [6, 6.07) is -0.265. The van der Waals surface area contributed by atoms with Crippen molar-refractivity contribution in [3.63, 3.8) is 0 Å². The number of carbonyl (C=O) groups excluding carboxylic acids is 1. The van der Waals surface area contributed by atoms with Crippen LogP contribution in [0, 0.1) is 0 Å². The molecular formula is C13H20N4O5S. The highest BCUT2D eigenvalue weighted by Gasteiger charge is 2.37. The predicted molar refractivity (Wildman–Crippen MR) is 78.6 cm³/mol. The third kappa shape index (κ3) is 3.70. The second-order valence-corrected chi connectivity index (χ2v) is 7.79. The monoisotopic (exact) mass is 344 g/mol. The highest BCUT2D eigenvalue weighted by molar-refractivity contribution is 7.90. The van der Waals surface area contributed by atoms with Gasteiger partial charge in [0.15, 0.2) is 5.82 Å². The van der Waals surface area contributed by atoms with E-state index < -0.39 is 10.0 Å². The van der Waals surface area contributed by atoms with Gasteiger partial charge in [-0.1, -0.05) is 5.16 Å². The van der Waals surface area contributed by atoms with Gasteiger partial charge in [-0.15, -0.1) is 0 Å². The van der Waals surface area contributed by atoms with Crippen LogP contribution in [0.1, 0.15) is 43.4 Å². The summed E-state index contributed by atoms with van der Waals surface area (Å²) in [5.41, 5.74) is 0. The number of methoxy groups -OCH3 is 1. The predicted octanol–water partition coefficient (Wildman–Crippen LogP) is -0.0387. The Balaban J connectivity index is 1.62. The van der Waals surface area contributed by atoms with Gasteiger partial charge in [0.25, 0.3) is 0 Å². The molecule has 1 aromatic rings. The van der Waals surface area contributed by atoms with E-state index in [1.165, 1.54) is 0 Å². The lowest BCUT2D eigenvalue weighted by Crippen LogP contribution is -2.31. The molecule has 23 heavy (non-hydrogen) atoms. The third-order valence-corrected chi connectivity index (χ3v) is 5.92. The van der Waals surface area contributed by atoms with E-state index in [0.29, 0.717) is 44.7 Å². The lowest BCUT2D eigenvalue weighted by molar-refractivity contribution is -0.130. The van der Waals surface area contributed by atoms with Crippen molar-refractivity contribution in [2.75, 3.05) is 20.3 Å². The zero-order chi connectivity index (χ0) is 16.4. The number of hydrogen-bond acceptors (Lipinski definition) is 7. The van der Waals surface area contributed by atoms with E-state index in [4.69, 9.17) is 9.26 Å². The van der Waals surface area contributed by atoms with E-state index >= 15 is 0 Å². The van der Waals surface area contributed by atoms with Crippen molar-refractivity contribution in [1.29, 1.82) is 0 Å². The van der Waals surface area contributed by atoms with E-state index in [-0.39, 0.29) is 29.6 Å². The highest BCUT2D eigenvalue weighted by Crippen LogP contribution is 2.31. The van der Waals surface area contributed by atoms with E-state index in [0.717, 1.165) is 0 Å². The summed E-state index contributed by atoms with van der Waals surface area (Å²) in [4.78, 5) is 17.8. The van der Waals surface area contributed by atoms with E-state index in [9.17, 15) is 13.2 Å². The minimum Gasteiger partial charge on any atom is -0.383 e. The molecule has 2 heterocycles. The molecule has 0 unspecified atom stereocenters. The zero-order valence-corrected chi connectivity index (χ0v) is 13.7. The summed E-state index contributed by atoms with van der Waals surface area (Å²) in [6.45, 7) is 0.900. The van der Waals surface area contributed by atoms with Crippen molar-refractivity contribution in [2.45, 2.75) is 43.5 Å². The fourth-order valence-corrected chi connectivity index (χ4v) is 3.92. The van der Waals surface area contributed by atoms with Gasteiger partial charge in [0.1, 0.15) is 6.04 Å². The van der Waals surface area contributed by atoms with E-state index in [1.54, 1.807) is 12.0 Å². The van der Waals surface area contributed by atoms with Gasteiger partial charge in [0.05, 0.1) is 18.4 Å². The quantitative estimate of drug-likeness (QED) is 0.703. The molecule has 0 aromatic carbocycles. The maximum absolute atomic E-state index is 11.9. The van der Waals surface area contributed by atoms with E-state index in [1.807, 2.05) is 0 Å². The van der Waals surface area contributed by atoms with Crippen molar-refractivity contribution in [1.82, 2.24) is 19.8 Å². The maximum atomic E-state index is 11.9. The minimum absolute atomic E-state index is 0.00106. The SMILES string of the molecule is COCCN1C(=O)CC[C@H]1c1nc(CNS(=O)(=O)C2CC2)no1. The molecule has 1 N–H and O–H groups in total. The number of nitrogens with zero attached hydrogens (tertiary/aromatic N) is 3. The molecule has 2 aliphatic rings. The number of carbonyl (C=O) groups is 1. The first kappa shape index (κ1) is 16.3. The summed E-state index contributed by atoms with van der Waals surface area (Å²) in [6.07, 6.45) is 2.44. The average Bonchev–Trinajstić information content (AvgIpc) is 3.19. The molecule has 1 atom stereocenters. The van der Waals surface area contributed by atoms with Gasteiger partial charge in [-0.3, -0.25) is 4.79 Å². The third-order valence-electron chi connectivity index (χ3n) is 4.03. The molecule has 1 aliphatic heterocycles. The van der Waals surface area contributed by atoms with Crippen LogP contribution in [-0.2, 0) is 26.1 Å². The molecule has 1 amide bonds. The number of sulfonamides is 1. The number of amides is 1. The molecule has 3 rings (SSSR count). The second-order valence-electron chi connectivity index (χ2n) is 5.75. The lowest BCUT2D eigenvalue weighted by atomic mass is 10.2. The van der Waals surface area contributed by atoms with Crippen LogP contribution in [0.2, 0.25) is 0 Å². The van der Waals surface area contributed by atoms with Crippen LogP contribution in [-0.4, -0.2) is 54.9 Å². The fraction of sp³-hybridized carbons (Fsp3) is 0.769. The Bertz CT molecular complexity index is 670. The number of rotatable bonds is 8. The lowest BCUT2D eigenvalue weighted by Gasteiger charge is -2.21. The highest BCUT2D eigenvalue weighted by atomic mass is 32.2. The minimum atomic E-state index is -3.28. The molecule has 0 radical (unpaired) electrons. The Kier molecular flexibility index (Phi) is 4.64. The summed E-state index contributed by atoms with van der Waals surface area (Å²) in [5, 5.41) is 3.51. The Labute approximate surface area is 134 Å². The Morgan fingerprint density at radius 2 is 2.17 bits per heavy atom. The van der Waals surface area contributed by atoms with Gasteiger partial charge in [-0.25, -0.2) is 13.1 Å². The maximum Gasteiger partial charge on any atom is 0.249 e. The molecule has 1 saturated heterocycles. The number of aromatic nitrogens is 2. The van der Waals surface area contributed by atoms with Crippen molar-refractivity contribution in [3.8, 4) is 0 Å². The molecule has 10 heteroatoms. The van der Waals surface area contributed by atoms with E-state index in [2.05, 4.69) is 14.9 Å². The van der Waals surface area contributed by atoms with Crippen LogP contribution < -0.4 is 4.72 Å². The Hall–Kier alpha value is -1.52. The van der Waals surface area contributed by atoms with Gasteiger partial charge in [0.2, 0.25) is 21.8 Å². The van der Waals surface area contributed by atoms with Gasteiger partial charge in [0, 0.05) is 20.1 Å². The van der Waals surface area contributed by atoms with Crippen molar-refractivity contribution < 1.29 is 22.5 Å². The molecule has 9 nitrogen and oxygen atoms in total. The first-order chi connectivity index (χ1) is 11.0. The molecule has 1 saturated carbocycles. The molecule has 2 fully saturated rings. The Morgan fingerprint density at radius 1 is 1.39 bits per heavy atom. The second kappa shape index (κ2) is 6.54. The number of likely N-dealkylation sites (tertiary alicyclic amines) is 1.